The van der Waals surface area contributed by atoms with Gasteiger partial charge in [0.15, 0.2) is 0 Å². The number of rotatable bonds is 5. The summed E-state index contributed by atoms with van der Waals surface area (Å²) in [6, 6.07) is 2.02. The summed E-state index contributed by atoms with van der Waals surface area (Å²) in [6.07, 6.45) is 6.53. The van der Waals surface area contributed by atoms with Gasteiger partial charge in [-0.1, -0.05) is 19.3 Å². The fourth-order valence-electron chi connectivity index (χ4n) is 2.89. The molecule has 5 nitrogen and oxygen atoms in total. The van der Waals surface area contributed by atoms with Crippen LogP contribution in [0.1, 0.15) is 43.5 Å². The van der Waals surface area contributed by atoms with Gasteiger partial charge >= 0.3 is 0 Å². The van der Waals surface area contributed by atoms with Gasteiger partial charge in [-0.15, -0.1) is 12.4 Å². The Morgan fingerprint density at radius 2 is 2.20 bits per heavy atom. The maximum absolute atomic E-state index is 12.0. The lowest BCUT2D eigenvalue weighted by atomic mass is 9.84. The van der Waals surface area contributed by atoms with E-state index in [1.165, 1.54) is 32.1 Å². The van der Waals surface area contributed by atoms with Crippen molar-refractivity contribution in [2.24, 2.45) is 11.7 Å². The van der Waals surface area contributed by atoms with Gasteiger partial charge < -0.3 is 11.1 Å². The average molecular weight is 301 g/mol. The Hall–Kier alpha value is -1.07. The second-order valence-corrected chi connectivity index (χ2v) is 5.53. The molecular formula is C14H25ClN4O. The van der Waals surface area contributed by atoms with Crippen molar-refractivity contribution >= 4 is 18.3 Å². The van der Waals surface area contributed by atoms with Gasteiger partial charge in [-0.2, -0.15) is 5.10 Å². The second kappa shape index (κ2) is 8.27. The third-order valence-corrected chi connectivity index (χ3v) is 3.92. The van der Waals surface area contributed by atoms with E-state index in [1.807, 2.05) is 13.0 Å². The number of H-pyrrole nitrogens is 1. The number of nitrogens with one attached hydrogen (secondary N) is 2. The molecule has 0 radical (unpaired) electrons. The van der Waals surface area contributed by atoms with Crippen LogP contribution in [0, 0.1) is 12.8 Å². The highest BCUT2D eigenvalue weighted by Crippen LogP contribution is 2.26. The van der Waals surface area contributed by atoms with E-state index in [2.05, 4.69) is 15.5 Å². The molecule has 1 unspecified atom stereocenters. The number of nitrogens with zero attached hydrogens (tertiary/aromatic N) is 1. The molecule has 1 aromatic heterocycles. The van der Waals surface area contributed by atoms with Gasteiger partial charge in [0.05, 0.1) is 12.1 Å². The lowest BCUT2D eigenvalue weighted by Crippen LogP contribution is -2.46. The maximum Gasteiger partial charge on any atom is 0.226 e. The Balaban J connectivity index is 0.00000200. The van der Waals surface area contributed by atoms with Crippen molar-refractivity contribution in [3.63, 3.8) is 0 Å². The van der Waals surface area contributed by atoms with Crippen molar-refractivity contribution in [2.45, 2.75) is 51.5 Å². The first-order chi connectivity index (χ1) is 9.19. The van der Waals surface area contributed by atoms with Gasteiger partial charge in [0.25, 0.3) is 0 Å². The molecule has 0 bridgehead atoms. The molecule has 114 valence electrons. The maximum atomic E-state index is 12.0. The van der Waals surface area contributed by atoms with Gasteiger partial charge in [-0.25, -0.2) is 0 Å². The number of amides is 1. The SMILES string of the molecule is Cc1cc(CC(=O)NC(CN)C2CCCCC2)n[nH]1.Cl. The lowest BCUT2D eigenvalue weighted by molar-refractivity contribution is -0.121. The van der Waals surface area contributed by atoms with Gasteiger partial charge in [0.1, 0.15) is 0 Å². The first kappa shape index (κ1) is 17.0. The molecule has 20 heavy (non-hydrogen) atoms. The van der Waals surface area contributed by atoms with Crippen LogP contribution in [-0.2, 0) is 11.2 Å². The number of hydrogen-bond donors (Lipinski definition) is 3. The summed E-state index contributed by atoms with van der Waals surface area (Å²) in [7, 11) is 0. The van der Waals surface area contributed by atoms with Crippen LogP contribution in [-0.4, -0.2) is 28.7 Å². The van der Waals surface area contributed by atoms with Gasteiger partial charge in [0.2, 0.25) is 5.91 Å². The van der Waals surface area contributed by atoms with E-state index in [-0.39, 0.29) is 24.4 Å². The van der Waals surface area contributed by atoms with Crippen LogP contribution in [0.2, 0.25) is 0 Å². The topological polar surface area (TPSA) is 83.8 Å². The highest BCUT2D eigenvalue weighted by molar-refractivity contribution is 5.85. The number of aromatic amines is 1. The molecule has 0 aromatic carbocycles. The predicted molar refractivity (Wildman–Crippen MR) is 81.8 cm³/mol. The highest BCUT2D eigenvalue weighted by atomic mass is 35.5. The number of aryl methyl sites for hydroxylation is 1. The minimum Gasteiger partial charge on any atom is -0.351 e. The van der Waals surface area contributed by atoms with Crippen molar-refractivity contribution in [3.05, 3.63) is 17.5 Å². The average Bonchev–Trinajstić information content (AvgIpc) is 2.82. The molecule has 0 aliphatic heterocycles. The van der Waals surface area contributed by atoms with E-state index in [0.29, 0.717) is 18.9 Å². The van der Waals surface area contributed by atoms with Crippen LogP contribution in [0.15, 0.2) is 6.07 Å². The van der Waals surface area contributed by atoms with Crippen molar-refractivity contribution in [1.29, 1.82) is 0 Å². The molecule has 2 rings (SSSR count). The first-order valence-corrected chi connectivity index (χ1v) is 7.19. The molecule has 1 fully saturated rings. The Labute approximate surface area is 126 Å². The first-order valence-electron chi connectivity index (χ1n) is 7.19. The molecule has 4 N–H and O–H groups in total. The zero-order valence-corrected chi connectivity index (χ0v) is 12.8. The summed E-state index contributed by atoms with van der Waals surface area (Å²) in [5, 5.41) is 10.0. The van der Waals surface area contributed by atoms with Crippen LogP contribution >= 0.6 is 12.4 Å². The highest BCUT2D eigenvalue weighted by Gasteiger charge is 2.24. The second-order valence-electron chi connectivity index (χ2n) is 5.53. The zero-order chi connectivity index (χ0) is 13.7. The van der Waals surface area contributed by atoms with Gasteiger partial charge in [-0.05, 0) is 31.7 Å². The molecule has 1 saturated carbocycles. The molecule has 1 amide bonds. The van der Waals surface area contributed by atoms with Crippen molar-refractivity contribution in [3.8, 4) is 0 Å². The molecule has 0 spiro atoms. The molecule has 0 saturated heterocycles. The number of carbonyl (C=O) groups is 1. The van der Waals surface area contributed by atoms with Gasteiger partial charge in [-0.3, -0.25) is 9.89 Å². The summed E-state index contributed by atoms with van der Waals surface area (Å²) < 4.78 is 0. The lowest BCUT2D eigenvalue weighted by Gasteiger charge is -2.30. The molecule has 1 aliphatic rings. The van der Waals surface area contributed by atoms with Crippen LogP contribution in [0.3, 0.4) is 0 Å². The third-order valence-electron chi connectivity index (χ3n) is 3.92. The minimum atomic E-state index is 0. The number of carbonyl (C=O) groups excluding carboxylic acids is 1. The zero-order valence-electron chi connectivity index (χ0n) is 12.0. The van der Waals surface area contributed by atoms with Crippen LogP contribution in [0.5, 0.6) is 0 Å². The summed E-state index contributed by atoms with van der Waals surface area (Å²) in [5.41, 5.74) is 7.58. The number of hydrogen-bond acceptors (Lipinski definition) is 3. The van der Waals surface area contributed by atoms with E-state index in [9.17, 15) is 4.79 Å². The van der Waals surface area contributed by atoms with E-state index in [4.69, 9.17) is 5.73 Å². The summed E-state index contributed by atoms with van der Waals surface area (Å²) >= 11 is 0. The Morgan fingerprint density at radius 3 is 2.75 bits per heavy atom. The number of aromatic nitrogens is 2. The Kier molecular flexibility index (Phi) is 7.02. The summed E-state index contributed by atoms with van der Waals surface area (Å²) in [6.45, 7) is 2.45. The Morgan fingerprint density at radius 1 is 1.50 bits per heavy atom. The fourth-order valence-corrected chi connectivity index (χ4v) is 2.89. The Bertz CT molecular complexity index is 415. The molecule has 6 heteroatoms. The van der Waals surface area contributed by atoms with Crippen LogP contribution in [0.4, 0.5) is 0 Å². The largest absolute Gasteiger partial charge is 0.351 e. The molecule has 1 atom stereocenters. The fraction of sp³-hybridized carbons (Fsp3) is 0.714. The monoisotopic (exact) mass is 300 g/mol. The molecule has 1 aromatic rings. The summed E-state index contributed by atoms with van der Waals surface area (Å²) in [4.78, 5) is 12.0. The van der Waals surface area contributed by atoms with Crippen molar-refractivity contribution in [1.82, 2.24) is 15.5 Å². The van der Waals surface area contributed by atoms with Crippen LogP contribution in [0.25, 0.3) is 0 Å². The minimum absolute atomic E-state index is 0. The molecule has 1 heterocycles. The smallest absolute Gasteiger partial charge is 0.226 e. The quantitative estimate of drug-likeness (QED) is 0.774. The number of nitrogens with two attached hydrogens (primary N) is 1. The van der Waals surface area contributed by atoms with E-state index < -0.39 is 0 Å². The van der Waals surface area contributed by atoms with Crippen LogP contribution < -0.4 is 11.1 Å². The van der Waals surface area contributed by atoms with Gasteiger partial charge in [0, 0.05) is 18.3 Å². The third kappa shape index (κ3) is 4.80. The number of halogens is 1. The summed E-state index contributed by atoms with van der Waals surface area (Å²) in [5.74, 6) is 0.566. The van der Waals surface area contributed by atoms with Crippen molar-refractivity contribution in [2.75, 3.05) is 6.54 Å². The van der Waals surface area contributed by atoms with E-state index in [1.54, 1.807) is 0 Å². The predicted octanol–water partition coefficient (Wildman–Crippen LogP) is 1.71. The van der Waals surface area contributed by atoms with E-state index >= 15 is 0 Å². The standard InChI is InChI=1S/C14H24N4O.ClH/c1-10-7-12(18-17-10)8-14(19)16-13(9-15)11-5-3-2-4-6-11;/h7,11,13H,2-6,8-9,15H2,1H3,(H,16,19)(H,17,18);1H. The molecular weight excluding hydrogens is 276 g/mol. The van der Waals surface area contributed by atoms with Crippen molar-refractivity contribution < 1.29 is 4.79 Å². The normalized spacial score (nSPS) is 17.3. The van der Waals surface area contributed by atoms with E-state index in [0.717, 1.165) is 11.4 Å². The molecule has 1 aliphatic carbocycles.